The molecule has 0 atom stereocenters. The standard InChI is InChI=1S/C26H28N2O3/c1-19(2)23-14-7-8-15-24(23)31-18-25(29)27-22-13-9-12-21(16-22)26(30)28(3)17-20-10-5-4-6-11-20/h4-16,19H,17-18H2,1-3H3,(H,27,29). The Labute approximate surface area is 183 Å². The molecule has 0 unspecified atom stereocenters. The molecule has 0 radical (unpaired) electrons. The zero-order valence-electron chi connectivity index (χ0n) is 18.2. The van der Waals surface area contributed by atoms with Crippen LogP contribution in [0.1, 0.15) is 41.3 Å². The van der Waals surface area contributed by atoms with Crippen LogP contribution in [0.25, 0.3) is 0 Å². The van der Waals surface area contributed by atoms with E-state index < -0.39 is 0 Å². The third-order valence-corrected chi connectivity index (χ3v) is 4.90. The zero-order chi connectivity index (χ0) is 22.2. The van der Waals surface area contributed by atoms with Crippen molar-refractivity contribution in [1.82, 2.24) is 4.90 Å². The highest BCUT2D eigenvalue weighted by molar-refractivity contribution is 5.97. The first-order valence-corrected chi connectivity index (χ1v) is 10.3. The number of nitrogens with one attached hydrogen (secondary N) is 1. The molecular formula is C26H28N2O3. The summed E-state index contributed by atoms with van der Waals surface area (Å²) in [5, 5.41) is 2.81. The summed E-state index contributed by atoms with van der Waals surface area (Å²) in [6, 6.07) is 24.5. The Morgan fingerprint density at radius 3 is 2.39 bits per heavy atom. The fraction of sp³-hybridized carbons (Fsp3) is 0.231. The van der Waals surface area contributed by atoms with Crippen LogP contribution < -0.4 is 10.1 Å². The summed E-state index contributed by atoms with van der Waals surface area (Å²) in [6.07, 6.45) is 0. The molecule has 160 valence electrons. The molecule has 0 saturated carbocycles. The third kappa shape index (κ3) is 6.19. The maximum absolute atomic E-state index is 12.8. The fourth-order valence-corrected chi connectivity index (χ4v) is 3.31. The molecule has 0 heterocycles. The van der Waals surface area contributed by atoms with E-state index in [-0.39, 0.29) is 18.4 Å². The van der Waals surface area contributed by atoms with Gasteiger partial charge in [0, 0.05) is 24.8 Å². The van der Waals surface area contributed by atoms with Gasteiger partial charge in [0.1, 0.15) is 5.75 Å². The molecule has 3 aromatic rings. The van der Waals surface area contributed by atoms with Crippen molar-refractivity contribution in [3.8, 4) is 5.75 Å². The van der Waals surface area contributed by atoms with Crippen LogP contribution in [-0.4, -0.2) is 30.4 Å². The number of benzene rings is 3. The molecule has 3 rings (SSSR count). The molecule has 0 aliphatic rings. The summed E-state index contributed by atoms with van der Waals surface area (Å²) in [4.78, 5) is 26.8. The smallest absolute Gasteiger partial charge is 0.262 e. The molecule has 0 bridgehead atoms. The van der Waals surface area contributed by atoms with E-state index in [9.17, 15) is 9.59 Å². The lowest BCUT2D eigenvalue weighted by Crippen LogP contribution is -2.26. The van der Waals surface area contributed by atoms with Crippen LogP contribution in [-0.2, 0) is 11.3 Å². The van der Waals surface area contributed by atoms with E-state index in [2.05, 4.69) is 19.2 Å². The van der Waals surface area contributed by atoms with Gasteiger partial charge in [0.25, 0.3) is 11.8 Å². The second kappa shape index (κ2) is 10.4. The predicted octanol–water partition coefficient (Wildman–Crippen LogP) is 5.10. The van der Waals surface area contributed by atoms with Gasteiger partial charge in [-0.05, 0) is 41.3 Å². The molecule has 5 heteroatoms. The molecule has 0 saturated heterocycles. The van der Waals surface area contributed by atoms with Crippen molar-refractivity contribution < 1.29 is 14.3 Å². The second-order valence-electron chi connectivity index (χ2n) is 7.76. The van der Waals surface area contributed by atoms with E-state index in [1.807, 2.05) is 54.6 Å². The van der Waals surface area contributed by atoms with E-state index in [0.29, 0.717) is 29.5 Å². The summed E-state index contributed by atoms with van der Waals surface area (Å²) in [7, 11) is 1.76. The number of anilines is 1. The number of hydrogen-bond acceptors (Lipinski definition) is 3. The van der Waals surface area contributed by atoms with Gasteiger partial charge in [0.2, 0.25) is 0 Å². The largest absolute Gasteiger partial charge is 0.483 e. The highest BCUT2D eigenvalue weighted by Crippen LogP contribution is 2.25. The number of hydrogen-bond donors (Lipinski definition) is 1. The molecule has 3 aromatic carbocycles. The zero-order valence-corrected chi connectivity index (χ0v) is 18.2. The molecule has 31 heavy (non-hydrogen) atoms. The first-order chi connectivity index (χ1) is 14.9. The fourth-order valence-electron chi connectivity index (χ4n) is 3.31. The van der Waals surface area contributed by atoms with Crippen molar-refractivity contribution in [2.75, 3.05) is 19.0 Å². The number of nitrogens with zero attached hydrogens (tertiary/aromatic N) is 1. The first-order valence-electron chi connectivity index (χ1n) is 10.3. The van der Waals surface area contributed by atoms with Crippen LogP contribution in [0.15, 0.2) is 78.9 Å². The number of amides is 2. The monoisotopic (exact) mass is 416 g/mol. The Morgan fingerprint density at radius 2 is 1.65 bits per heavy atom. The van der Waals surface area contributed by atoms with Gasteiger partial charge in [-0.25, -0.2) is 0 Å². The quantitative estimate of drug-likeness (QED) is 0.556. The lowest BCUT2D eigenvalue weighted by molar-refractivity contribution is -0.118. The molecule has 0 fully saturated rings. The van der Waals surface area contributed by atoms with Gasteiger partial charge in [-0.3, -0.25) is 9.59 Å². The maximum Gasteiger partial charge on any atom is 0.262 e. The van der Waals surface area contributed by atoms with Gasteiger partial charge in [-0.2, -0.15) is 0 Å². The van der Waals surface area contributed by atoms with Crippen molar-refractivity contribution in [3.05, 3.63) is 95.6 Å². The molecule has 5 nitrogen and oxygen atoms in total. The minimum atomic E-state index is -0.277. The normalized spacial score (nSPS) is 10.6. The number of rotatable bonds is 8. The SMILES string of the molecule is CC(C)c1ccccc1OCC(=O)Nc1cccc(C(=O)N(C)Cc2ccccc2)c1. The average molecular weight is 417 g/mol. The van der Waals surface area contributed by atoms with Gasteiger partial charge in [0.15, 0.2) is 6.61 Å². The van der Waals surface area contributed by atoms with Gasteiger partial charge < -0.3 is 15.0 Å². The van der Waals surface area contributed by atoms with Crippen LogP contribution in [0.2, 0.25) is 0 Å². The molecule has 0 aliphatic heterocycles. The van der Waals surface area contributed by atoms with Crippen LogP contribution in [0.5, 0.6) is 5.75 Å². The van der Waals surface area contributed by atoms with E-state index >= 15 is 0 Å². The number of carbonyl (C=O) groups excluding carboxylic acids is 2. The molecule has 1 N–H and O–H groups in total. The summed E-state index contributed by atoms with van der Waals surface area (Å²) in [5.41, 5.74) is 3.19. The Hall–Kier alpha value is -3.60. The van der Waals surface area contributed by atoms with Crippen LogP contribution in [0.4, 0.5) is 5.69 Å². The van der Waals surface area contributed by atoms with Crippen molar-refractivity contribution in [1.29, 1.82) is 0 Å². The molecule has 2 amide bonds. The second-order valence-corrected chi connectivity index (χ2v) is 7.76. The Kier molecular flexibility index (Phi) is 7.44. The van der Waals surface area contributed by atoms with Gasteiger partial charge in [0.05, 0.1) is 0 Å². The van der Waals surface area contributed by atoms with E-state index in [0.717, 1.165) is 11.1 Å². The van der Waals surface area contributed by atoms with Crippen LogP contribution in [0, 0.1) is 0 Å². The summed E-state index contributed by atoms with van der Waals surface area (Å²) < 4.78 is 5.73. The molecule has 0 aliphatic carbocycles. The minimum Gasteiger partial charge on any atom is -0.483 e. The van der Waals surface area contributed by atoms with Gasteiger partial charge >= 0.3 is 0 Å². The Bertz CT molecular complexity index is 1030. The Balaban J connectivity index is 1.60. The van der Waals surface area contributed by atoms with E-state index in [1.165, 1.54) is 0 Å². The Morgan fingerprint density at radius 1 is 0.935 bits per heavy atom. The lowest BCUT2D eigenvalue weighted by atomic mass is 10.0. The van der Waals surface area contributed by atoms with Gasteiger partial charge in [-0.1, -0.05) is 68.4 Å². The highest BCUT2D eigenvalue weighted by Gasteiger charge is 2.14. The molecule has 0 spiro atoms. The molecule has 0 aromatic heterocycles. The van der Waals surface area contributed by atoms with E-state index in [4.69, 9.17) is 4.74 Å². The van der Waals surface area contributed by atoms with Crippen molar-refractivity contribution in [3.63, 3.8) is 0 Å². The van der Waals surface area contributed by atoms with E-state index in [1.54, 1.807) is 36.2 Å². The summed E-state index contributed by atoms with van der Waals surface area (Å²) in [6.45, 7) is 4.58. The average Bonchev–Trinajstić information content (AvgIpc) is 2.78. The first kappa shape index (κ1) is 22.1. The lowest BCUT2D eigenvalue weighted by Gasteiger charge is -2.18. The third-order valence-electron chi connectivity index (χ3n) is 4.90. The van der Waals surface area contributed by atoms with Crippen LogP contribution in [0.3, 0.4) is 0 Å². The van der Waals surface area contributed by atoms with Gasteiger partial charge in [-0.15, -0.1) is 0 Å². The predicted molar refractivity (Wildman–Crippen MR) is 123 cm³/mol. The summed E-state index contributed by atoms with van der Waals surface area (Å²) in [5.74, 6) is 0.622. The summed E-state index contributed by atoms with van der Waals surface area (Å²) >= 11 is 0. The van der Waals surface area contributed by atoms with Crippen LogP contribution >= 0.6 is 0 Å². The maximum atomic E-state index is 12.8. The highest BCUT2D eigenvalue weighted by atomic mass is 16.5. The van der Waals surface area contributed by atoms with Crippen molar-refractivity contribution >= 4 is 17.5 Å². The topological polar surface area (TPSA) is 58.6 Å². The van der Waals surface area contributed by atoms with Crippen molar-refractivity contribution in [2.24, 2.45) is 0 Å². The number of para-hydroxylation sites is 1. The number of carbonyl (C=O) groups is 2. The number of ether oxygens (including phenoxy) is 1. The van der Waals surface area contributed by atoms with Crippen molar-refractivity contribution in [2.45, 2.75) is 26.3 Å². The minimum absolute atomic E-state index is 0.101. The molecular weight excluding hydrogens is 388 g/mol.